The Morgan fingerprint density at radius 3 is 2.37 bits per heavy atom. The molecule has 0 spiro atoms. The summed E-state index contributed by atoms with van der Waals surface area (Å²) >= 11 is 0. The quantitative estimate of drug-likeness (QED) is 0.691. The summed E-state index contributed by atoms with van der Waals surface area (Å²) < 4.78 is 0. The van der Waals surface area contributed by atoms with Crippen LogP contribution in [0.15, 0.2) is 40.9 Å². The minimum absolute atomic E-state index is 0.473. The first kappa shape index (κ1) is 14.0. The molecule has 1 heteroatoms. The first-order valence-corrected chi connectivity index (χ1v) is 7.63. The minimum Gasteiger partial charge on any atom is -0.289 e. The molecule has 1 aromatic rings. The predicted molar refractivity (Wildman–Crippen MR) is 84.6 cm³/mol. The van der Waals surface area contributed by atoms with Gasteiger partial charge in [0, 0.05) is 12.1 Å². The highest BCUT2D eigenvalue weighted by Gasteiger charge is 2.27. The molecule has 1 aliphatic heterocycles. The van der Waals surface area contributed by atoms with E-state index in [0.717, 1.165) is 6.42 Å². The van der Waals surface area contributed by atoms with Gasteiger partial charge in [-0.1, -0.05) is 57.5 Å². The first-order valence-electron chi connectivity index (χ1n) is 7.63. The van der Waals surface area contributed by atoms with Crippen molar-refractivity contribution in [3.8, 4) is 0 Å². The Hall–Kier alpha value is -1.37. The van der Waals surface area contributed by atoms with Gasteiger partial charge in [0.25, 0.3) is 0 Å². The van der Waals surface area contributed by atoms with Gasteiger partial charge in [-0.3, -0.25) is 4.99 Å². The van der Waals surface area contributed by atoms with Gasteiger partial charge in [-0.25, -0.2) is 0 Å². The Morgan fingerprint density at radius 2 is 1.79 bits per heavy atom. The van der Waals surface area contributed by atoms with E-state index in [4.69, 9.17) is 4.99 Å². The van der Waals surface area contributed by atoms with Crippen molar-refractivity contribution >= 4 is 11.8 Å². The van der Waals surface area contributed by atoms with Crippen LogP contribution in [0.25, 0.3) is 5.57 Å². The highest BCUT2D eigenvalue weighted by atomic mass is 14.8. The van der Waals surface area contributed by atoms with Gasteiger partial charge >= 0.3 is 0 Å². The van der Waals surface area contributed by atoms with Crippen molar-refractivity contribution < 1.29 is 0 Å². The lowest BCUT2D eigenvalue weighted by Crippen LogP contribution is -2.24. The predicted octanol–water partition coefficient (Wildman–Crippen LogP) is 5.13. The van der Waals surface area contributed by atoms with E-state index in [0.29, 0.717) is 12.0 Å². The number of nitrogens with zero attached hydrogens (tertiary/aromatic N) is 1. The number of hydrogen-bond acceptors (Lipinski definition) is 1. The van der Waals surface area contributed by atoms with E-state index in [2.05, 4.69) is 57.3 Å². The van der Waals surface area contributed by atoms with Crippen LogP contribution >= 0.6 is 0 Å². The molecule has 0 saturated carbocycles. The van der Waals surface area contributed by atoms with Crippen molar-refractivity contribution in [2.75, 3.05) is 0 Å². The molecule has 1 aromatic carbocycles. The Labute approximate surface area is 117 Å². The summed E-state index contributed by atoms with van der Waals surface area (Å²) in [5.41, 5.74) is 4.35. The molecule has 0 radical (unpaired) electrons. The molecule has 1 aliphatic rings. The Bertz CT molecular complexity index is 456. The highest BCUT2D eigenvalue weighted by Crippen LogP contribution is 2.37. The molecular weight excluding hydrogens is 230 g/mol. The topological polar surface area (TPSA) is 12.4 Å². The Morgan fingerprint density at radius 1 is 1.05 bits per heavy atom. The van der Waals surface area contributed by atoms with Crippen LogP contribution in [0.4, 0.5) is 0 Å². The SMILES string of the molecule is CCCC1N=CC(CC)=C(c2ccccc2)C1CC. The van der Waals surface area contributed by atoms with Gasteiger partial charge in [0.05, 0.1) is 6.04 Å². The number of allylic oxidation sites excluding steroid dienone is 1. The van der Waals surface area contributed by atoms with Crippen LogP contribution in [0.2, 0.25) is 0 Å². The number of hydrogen-bond donors (Lipinski definition) is 0. The summed E-state index contributed by atoms with van der Waals surface area (Å²) in [7, 11) is 0. The molecule has 0 amide bonds. The number of rotatable bonds is 5. The molecule has 1 heterocycles. The average molecular weight is 255 g/mol. The molecule has 0 saturated heterocycles. The lowest BCUT2D eigenvalue weighted by Gasteiger charge is -2.31. The third-order valence-electron chi connectivity index (χ3n) is 4.09. The van der Waals surface area contributed by atoms with Gasteiger partial charge in [-0.2, -0.15) is 0 Å². The van der Waals surface area contributed by atoms with Crippen molar-refractivity contribution in [1.82, 2.24) is 0 Å². The lowest BCUT2D eigenvalue weighted by molar-refractivity contribution is 0.466. The zero-order valence-corrected chi connectivity index (χ0v) is 12.4. The van der Waals surface area contributed by atoms with Crippen LogP contribution < -0.4 is 0 Å². The molecule has 19 heavy (non-hydrogen) atoms. The van der Waals surface area contributed by atoms with Crippen molar-refractivity contribution in [3.63, 3.8) is 0 Å². The van der Waals surface area contributed by atoms with Crippen LogP contribution in [0.3, 0.4) is 0 Å². The van der Waals surface area contributed by atoms with Gasteiger partial charge < -0.3 is 0 Å². The second-order valence-corrected chi connectivity index (χ2v) is 5.31. The van der Waals surface area contributed by atoms with E-state index in [1.54, 1.807) is 5.57 Å². The molecule has 0 bridgehead atoms. The summed E-state index contributed by atoms with van der Waals surface area (Å²) in [6, 6.07) is 11.3. The number of dihydropyridines is 1. The maximum absolute atomic E-state index is 4.82. The van der Waals surface area contributed by atoms with Crippen molar-refractivity contribution in [2.24, 2.45) is 10.9 Å². The van der Waals surface area contributed by atoms with Crippen LogP contribution in [-0.4, -0.2) is 12.3 Å². The van der Waals surface area contributed by atoms with Crippen LogP contribution in [0.5, 0.6) is 0 Å². The normalized spacial score (nSPS) is 22.9. The maximum Gasteiger partial charge on any atom is 0.0568 e. The summed E-state index contributed by atoms with van der Waals surface area (Å²) in [4.78, 5) is 4.82. The molecule has 1 nitrogen and oxygen atoms in total. The zero-order valence-electron chi connectivity index (χ0n) is 12.4. The molecule has 102 valence electrons. The number of aliphatic imine (C=N–C) groups is 1. The molecule has 0 fully saturated rings. The van der Waals surface area contributed by atoms with E-state index in [-0.39, 0.29) is 0 Å². The largest absolute Gasteiger partial charge is 0.289 e. The van der Waals surface area contributed by atoms with E-state index >= 15 is 0 Å². The first-order chi connectivity index (χ1) is 9.31. The maximum atomic E-state index is 4.82. The fourth-order valence-corrected chi connectivity index (χ4v) is 3.14. The lowest BCUT2D eigenvalue weighted by atomic mass is 9.78. The average Bonchev–Trinajstić information content (AvgIpc) is 2.48. The molecular formula is C18H25N. The molecule has 0 aliphatic carbocycles. The minimum atomic E-state index is 0.473. The second kappa shape index (κ2) is 6.70. The van der Waals surface area contributed by atoms with Crippen molar-refractivity contribution in [2.45, 2.75) is 52.5 Å². The second-order valence-electron chi connectivity index (χ2n) is 5.31. The summed E-state index contributed by atoms with van der Waals surface area (Å²) in [6.07, 6.45) is 6.79. The molecule has 0 N–H and O–H groups in total. The smallest absolute Gasteiger partial charge is 0.0568 e. The monoisotopic (exact) mass is 255 g/mol. The van der Waals surface area contributed by atoms with E-state index in [9.17, 15) is 0 Å². The summed E-state index contributed by atoms with van der Waals surface area (Å²) in [6.45, 7) is 6.78. The van der Waals surface area contributed by atoms with Crippen LogP contribution in [0, 0.1) is 5.92 Å². The zero-order chi connectivity index (χ0) is 13.7. The fraction of sp³-hybridized carbons (Fsp3) is 0.500. The fourth-order valence-electron chi connectivity index (χ4n) is 3.14. The van der Waals surface area contributed by atoms with E-state index < -0.39 is 0 Å². The van der Waals surface area contributed by atoms with E-state index in [1.165, 1.54) is 30.4 Å². The highest BCUT2D eigenvalue weighted by molar-refractivity contribution is 5.93. The van der Waals surface area contributed by atoms with Gasteiger partial charge in [0.2, 0.25) is 0 Å². The Balaban J connectivity index is 2.43. The Kier molecular flexibility index (Phi) is 4.95. The number of benzene rings is 1. The van der Waals surface area contributed by atoms with Gasteiger partial charge in [0.15, 0.2) is 0 Å². The molecule has 2 unspecified atom stereocenters. The van der Waals surface area contributed by atoms with E-state index in [1.807, 2.05) is 0 Å². The molecule has 2 rings (SSSR count). The van der Waals surface area contributed by atoms with Crippen molar-refractivity contribution in [1.29, 1.82) is 0 Å². The third-order valence-corrected chi connectivity index (χ3v) is 4.09. The molecule has 0 aromatic heterocycles. The van der Waals surface area contributed by atoms with Gasteiger partial charge in [0.1, 0.15) is 0 Å². The van der Waals surface area contributed by atoms with Crippen LogP contribution in [-0.2, 0) is 0 Å². The summed E-state index contributed by atoms with van der Waals surface area (Å²) in [5, 5.41) is 0. The van der Waals surface area contributed by atoms with Gasteiger partial charge in [-0.05, 0) is 36.0 Å². The molecule has 2 atom stereocenters. The summed E-state index contributed by atoms with van der Waals surface area (Å²) in [5.74, 6) is 0.585. The standard InChI is InChI=1S/C18H25N/c1-4-10-17-16(6-3)18(14(5-2)13-19-17)15-11-8-7-9-12-15/h7-9,11-13,16-17H,4-6,10H2,1-3H3. The van der Waals surface area contributed by atoms with Gasteiger partial charge in [-0.15, -0.1) is 0 Å². The van der Waals surface area contributed by atoms with Crippen molar-refractivity contribution in [3.05, 3.63) is 41.5 Å². The van der Waals surface area contributed by atoms with Crippen LogP contribution in [0.1, 0.15) is 52.0 Å². The third kappa shape index (κ3) is 2.97.